The van der Waals surface area contributed by atoms with Crippen molar-refractivity contribution in [2.45, 2.75) is 33.4 Å². The third-order valence-electron chi connectivity index (χ3n) is 6.64. The van der Waals surface area contributed by atoms with Gasteiger partial charge in [0.1, 0.15) is 12.4 Å². The number of halogens is 1. The number of esters is 1. The standard InChI is InChI=1S/C32H26BrN3O4S/c1-4-39-31(38)28-20(3)35-32-36(29(28)24-12-5-19(2)6-13-24)30(37)27(41-32)16-23-11-14-26(25(33)15-23)40-18-22-9-7-21(17-34)8-10-22/h5-16,29H,4,18H2,1-3H3/b27-16-/t29-/m1/s1. The van der Waals surface area contributed by atoms with E-state index in [1.54, 1.807) is 30.5 Å². The Labute approximate surface area is 249 Å². The van der Waals surface area contributed by atoms with Crippen molar-refractivity contribution >= 4 is 39.3 Å². The number of carbonyl (C=O) groups is 1. The van der Waals surface area contributed by atoms with E-state index in [4.69, 9.17) is 14.7 Å². The molecule has 0 amide bonds. The van der Waals surface area contributed by atoms with Gasteiger partial charge in [-0.25, -0.2) is 9.79 Å². The number of aryl methyl sites for hydroxylation is 1. The Balaban J connectivity index is 1.49. The summed E-state index contributed by atoms with van der Waals surface area (Å²) in [5.74, 6) is 0.177. The monoisotopic (exact) mass is 627 g/mol. The van der Waals surface area contributed by atoms with E-state index in [2.05, 4.69) is 27.0 Å². The van der Waals surface area contributed by atoms with Crippen molar-refractivity contribution in [1.29, 1.82) is 5.26 Å². The molecule has 1 aromatic heterocycles. The summed E-state index contributed by atoms with van der Waals surface area (Å²) in [5, 5.41) is 8.97. The molecule has 2 heterocycles. The Hall–Kier alpha value is -4.26. The molecular weight excluding hydrogens is 602 g/mol. The van der Waals surface area contributed by atoms with Crippen LogP contribution in [0.15, 0.2) is 92.3 Å². The number of thiazole rings is 1. The molecule has 0 N–H and O–H groups in total. The van der Waals surface area contributed by atoms with Crippen molar-refractivity contribution in [1.82, 2.24) is 4.57 Å². The second-order valence-corrected chi connectivity index (χ2v) is 11.4. The van der Waals surface area contributed by atoms with Crippen molar-refractivity contribution in [3.8, 4) is 11.8 Å². The minimum absolute atomic E-state index is 0.225. The van der Waals surface area contributed by atoms with E-state index in [0.717, 1.165) is 26.7 Å². The van der Waals surface area contributed by atoms with Gasteiger partial charge in [0, 0.05) is 0 Å². The average molecular weight is 629 g/mol. The van der Waals surface area contributed by atoms with Gasteiger partial charge in [0.05, 0.1) is 44.6 Å². The highest BCUT2D eigenvalue weighted by Crippen LogP contribution is 2.31. The molecule has 4 aromatic rings. The van der Waals surface area contributed by atoms with Crippen LogP contribution in [0.1, 0.15) is 47.7 Å². The minimum Gasteiger partial charge on any atom is -0.488 e. The van der Waals surface area contributed by atoms with Crippen LogP contribution in [0, 0.1) is 18.3 Å². The van der Waals surface area contributed by atoms with E-state index in [1.807, 2.05) is 67.6 Å². The zero-order valence-corrected chi connectivity index (χ0v) is 25.1. The highest BCUT2D eigenvalue weighted by molar-refractivity contribution is 9.10. The van der Waals surface area contributed by atoms with Gasteiger partial charge in [0.25, 0.3) is 5.56 Å². The topological polar surface area (TPSA) is 93.7 Å². The molecule has 0 spiro atoms. The van der Waals surface area contributed by atoms with E-state index < -0.39 is 12.0 Å². The second-order valence-electron chi connectivity index (χ2n) is 9.50. The summed E-state index contributed by atoms with van der Waals surface area (Å²) in [4.78, 5) is 32.0. The number of nitrogens with zero attached hydrogens (tertiary/aromatic N) is 3. The summed E-state index contributed by atoms with van der Waals surface area (Å²) in [6.45, 7) is 6.10. The lowest BCUT2D eigenvalue weighted by Gasteiger charge is -2.24. The Kier molecular flexibility index (Phi) is 8.34. The molecule has 0 aliphatic carbocycles. The number of carbonyl (C=O) groups excluding carboxylic acids is 1. The van der Waals surface area contributed by atoms with Crippen LogP contribution in [-0.2, 0) is 16.1 Å². The van der Waals surface area contributed by atoms with Gasteiger partial charge in [-0.2, -0.15) is 5.26 Å². The molecule has 9 heteroatoms. The molecule has 1 aliphatic rings. The Morgan fingerprint density at radius 3 is 2.51 bits per heavy atom. The number of allylic oxidation sites excluding steroid dienone is 1. The van der Waals surface area contributed by atoms with Crippen LogP contribution >= 0.6 is 27.3 Å². The minimum atomic E-state index is -0.641. The summed E-state index contributed by atoms with van der Waals surface area (Å²) >= 11 is 4.86. The van der Waals surface area contributed by atoms with Gasteiger partial charge < -0.3 is 9.47 Å². The third-order valence-corrected chi connectivity index (χ3v) is 8.24. The van der Waals surface area contributed by atoms with Crippen LogP contribution in [-0.4, -0.2) is 17.1 Å². The molecule has 0 saturated heterocycles. The average Bonchev–Trinajstić information content (AvgIpc) is 3.26. The normalized spacial score (nSPS) is 14.7. The summed E-state index contributed by atoms with van der Waals surface area (Å²) in [6.07, 6.45) is 1.81. The van der Waals surface area contributed by atoms with Gasteiger partial charge in [-0.15, -0.1) is 0 Å². The number of fused-ring (bicyclic) bond motifs is 1. The van der Waals surface area contributed by atoms with Gasteiger partial charge in [0.2, 0.25) is 0 Å². The van der Waals surface area contributed by atoms with Crippen molar-refractivity contribution in [3.05, 3.63) is 130 Å². The first kappa shape index (κ1) is 28.3. The van der Waals surface area contributed by atoms with Crippen molar-refractivity contribution in [2.24, 2.45) is 4.99 Å². The first-order chi connectivity index (χ1) is 19.8. The summed E-state index contributed by atoms with van der Waals surface area (Å²) < 4.78 is 14.1. The molecule has 3 aromatic carbocycles. The van der Waals surface area contributed by atoms with E-state index in [1.165, 1.54) is 11.3 Å². The number of hydrogen-bond donors (Lipinski definition) is 0. The number of benzene rings is 3. The third kappa shape index (κ3) is 5.94. The Morgan fingerprint density at radius 2 is 1.85 bits per heavy atom. The van der Waals surface area contributed by atoms with E-state index >= 15 is 0 Å². The molecule has 5 rings (SSSR count). The lowest BCUT2D eigenvalue weighted by Crippen LogP contribution is -2.39. The largest absolute Gasteiger partial charge is 0.488 e. The van der Waals surface area contributed by atoms with E-state index in [9.17, 15) is 9.59 Å². The molecule has 206 valence electrons. The van der Waals surface area contributed by atoms with Crippen LogP contribution in [0.4, 0.5) is 0 Å². The maximum Gasteiger partial charge on any atom is 0.338 e. The first-order valence-corrected chi connectivity index (χ1v) is 14.6. The number of aromatic nitrogens is 1. The number of ether oxygens (including phenoxy) is 2. The summed E-state index contributed by atoms with van der Waals surface area (Å²) in [6, 6.07) is 22.1. The molecule has 41 heavy (non-hydrogen) atoms. The lowest BCUT2D eigenvalue weighted by atomic mass is 9.95. The Morgan fingerprint density at radius 1 is 1.12 bits per heavy atom. The lowest BCUT2D eigenvalue weighted by molar-refractivity contribution is -0.139. The highest BCUT2D eigenvalue weighted by Gasteiger charge is 2.33. The second kappa shape index (κ2) is 12.1. The fourth-order valence-corrected chi connectivity index (χ4v) is 6.13. The highest BCUT2D eigenvalue weighted by atomic mass is 79.9. The maximum absolute atomic E-state index is 13.8. The fraction of sp³-hybridized carbons (Fsp3) is 0.188. The van der Waals surface area contributed by atoms with E-state index in [0.29, 0.717) is 38.5 Å². The molecule has 1 atom stereocenters. The summed E-state index contributed by atoms with van der Waals surface area (Å²) in [5.41, 5.74) is 4.91. The smallest absolute Gasteiger partial charge is 0.338 e. The van der Waals surface area contributed by atoms with Crippen LogP contribution in [0.25, 0.3) is 6.08 Å². The van der Waals surface area contributed by atoms with Gasteiger partial charge >= 0.3 is 5.97 Å². The fourth-order valence-electron chi connectivity index (χ4n) is 4.57. The maximum atomic E-state index is 13.8. The van der Waals surface area contributed by atoms with E-state index in [-0.39, 0.29) is 12.2 Å². The van der Waals surface area contributed by atoms with Crippen molar-refractivity contribution in [3.63, 3.8) is 0 Å². The van der Waals surface area contributed by atoms with Gasteiger partial charge in [0.15, 0.2) is 4.80 Å². The van der Waals surface area contributed by atoms with Gasteiger partial charge in [-0.3, -0.25) is 9.36 Å². The summed E-state index contributed by atoms with van der Waals surface area (Å²) in [7, 11) is 0. The molecule has 0 bridgehead atoms. The van der Waals surface area contributed by atoms with Crippen LogP contribution in [0.5, 0.6) is 5.75 Å². The quantitative estimate of drug-likeness (QED) is 0.259. The zero-order chi connectivity index (χ0) is 29.1. The predicted molar refractivity (Wildman–Crippen MR) is 161 cm³/mol. The first-order valence-electron chi connectivity index (χ1n) is 13.0. The van der Waals surface area contributed by atoms with Crippen LogP contribution < -0.4 is 19.6 Å². The van der Waals surface area contributed by atoms with Gasteiger partial charge in [-0.1, -0.05) is 59.4 Å². The molecule has 0 fully saturated rings. The number of hydrogen-bond acceptors (Lipinski definition) is 7. The number of rotatable bonds is 7. The Bertz CT molecular complexity index is 1880. The molecule has 1 aliphatic heterocycles. The molecular formula is C32H26BrN3O4S. The number of nitriles is 1. The van der Waals surface area contributed by atoms with Crippen molar-refractivity contribution in [2.75, 3.05) is 6.61 Å². The molecule has 0 unspecified atom stereocenters. The predicted octanol–water partition coefficient (Wildman–Crippen LogP) is 5.32. The molecule has 0 saturated carbocycles. The molecule has 0 radical (unpaired) electrons. The van der Waals surface area contributed by atoms with Gasteiger partial charge in [-0.05, 0) is 83.7 Å². The SMILES string of the molecule is CCOC(=O)C1=C(C)N=c2s/c(=C\c3ccc(OCc4ccc(C#N)cc4)c(Br)c3)c(=O)n2[C@@H]1c1ccc(C)cc1. The van der Waals surface area contributed by atoms with Crippen molar-refractivity contribution < 1.29 is 14.3 Å². The molecule has 7 nitrogen and oxygen atoms in total. The van der Waals surface area contributed by atoms with Crippen LogP contribution in [0.2, 0.25) is 0 Å². The van der Waals surface area contributed by atoms with Crippen LogP contribution in [0.3, 0.4) is 0 Å². The zero-order valence-electron chi connectivity index (χ0n) is 22.7.